The van der Waals surface area contributed by atoms with E-state index >= 15 is 0 Å². The summed E-state index contributed by atoms with van der Waals surface area (Å²) in [4.78, 5) is 16.2. The van der Waals surface area contributed by atoms with Crippen LogP contribution < -0.4 is 5.32 Å². The maximum atomic E-state index is 12.0. The van der Waals surface area contributed by atoms with Gasteiger partial charge in [0.15, 0.2) is 0 Å². The molecule has 1 aliphatic rings. The molecule has 0 aromatic heterocycles. The molecule has 0 radical (unpaired) electrons. The third kappa shape index (κ3) is 6.66. The topological polar surface area (TPSA) is 44.8 Å². The smallest absolute Gasteiger partial charge is 0.410 e. The van der Waals surface area contributed by atoms with E-state index in [2.05, 4.69) is 31.1 Å². The summed E-state index contributed by atoms with van der Waals surface area (Å²) in [5, 5.41) is 3.55. The van der Waals surface area contributed by atoms with Crippen LogP contribution in [0, 0.1) is 0 Å². The molecule has 1 saturated heterocycles. The number of hydrogen-bond acceptors (Lipinski definition) is 4. The highest BCUT2D eigenvalue weighted by molar-refractivity contribution is 5.68. The summed E-state index contributed by atoms with van der Waals surface area (Å²) in [5.74, 6) is 0. The van der Waals surface area contributed by atoms with E-state index in [0.29, 0.717) is 12.1 Å². The lowest BCUT2D eigenvalue weighted by Gasteiger charge is -2.25. The molecule has 1 aliphatic heterocycles. The van der Waals surface area contributed by atoms with E-state index in [1.165, 1.54) is 6.42 Å². The summed E-state index contributed by atoms with van der Waals surface area (Å²) < 4.78 is 5.41. The lowest BCUT2D eigenvalue weighted by Crippen LogP contribution is -2.41. The first-order valence-corrected chi connectivity index (χ1v) is 8.14. The third-order valence-electron chi connectivity index (χ3n) is 4.08. The summed E-state index contributed by atoms with van der Waals surface area (Å²) >= 11 is 0. The normalized spacial score (nSPS) is 20.9. The van der Waals surface area contributed by atoms with Crippen molar-refractivity contribution in [3.8, 4) is 0 Å². The van der Waals surface area contributed by atoms with Crippen LogP contribution in [0.4, 0.5) is 4.79 Å². The summed E-state index contributed by atoms with van der Waals surface area (Å²) in [6.07, 6.45) is 1.99. The van der Waals surface area contributed by atoms with E-state index in [1.807, 2.05) is 20.8 Å². The maximum Gasteiger partial charge on any atom is 0.410 e. The standard InChI is InChI=1S/C16H33N3O2/c1-7-13(2)18(6)11-9-17-14-8-10-19(12-14)15(20)21-16(3,4)5/h13-14,17H,7-12H2,1-6H3. The Morgan fingerprint density at radius 2 is 2.14 bits per heavy atom. The van der Waals surface area contributed by atoms with Crippen molar-refractivity contribution in [1.29, 1.82) is 0 Å². The Hall–Kier alpha value is -0.810. The van der Waals surface area contributed by atoms with Gasteiger partial charge in [-0.05, 0) is 47.6 Å². The van der Waals surface area contributed by atoms with Gasteiger partial charge in [-0.25, -0.2) is 4.79 Å². The van der Waals surface area contributed by atoms with Gasteiger partial charge in [-0.3, -0.25) is 0 Å². The molecule has 1 fully saturated rings. The first-order valence-electron chi connectivity index (χ1n) is 8.14. The minimum atomic E-state index is -0.415. The molecule has 0 aromatic rings. The van der Waals surface area contributed by atoms with Gasteiger partial charge >= 0.3 is 6.09 Å². The summed E-state index contributed by atoms with van der Waals surface area (Å²) in [7, 11) is 2.16. The zero-order chi connectivity index (χ0) is 16.0. The van der Waals surface area contributed by atoms with Crippen LogP contribution in [-0.4, -0.2) is 66.8 Å². The van der Waals surface area contributed by atoms with Crippen molar-refractivity contribution >= 4 is 6.09 Å². The predicted octanol–water partition coefficient (Wildman–Crippen LogP) is 2.32. The number of rotatable bonds is 6. The number of ether oxygens (including phenoxy) is 1. The van der Waals surface area contributed by atoms with Gasteiger partial charge in [0.1, 0.15) is 5.60 Å². The van der Waals surface area contributed by atoms with Crippen LogP contribution in [0.3, 0.4) is 0 Å². The highest BCUT2D eigenvalue weighted by atomic mass is 16.6. The van der Waals surface area contributed by atoms with Gasteiger partial charge < -0.3 is 19.9 Å². The molecule has 0 bridgehead atoms. The molecule has 1 N–H and O–H groups in total. The minimum absolute atomic E-state index is 0.191. The van der Waals surface area contributed by atoms with Crippen molar-refractivity contribution in [3.63, 3.8) is 0 Å². The van der Waals surface area contributed by atoms with Crippen molar-refractivity contribution in [1.82, 2.24) is 15.1 Å². The second-order valence-electron chi connectivity index (χ2n) is 7.10. The highest BCUT2D eigenvalue weighted by Gasteiger charge is 2.29. The van der Waals surface area contributed by atoms with Crippen LogP contribution in [0.5, 0.6) is 0 Å². The number of hydrogen-bond donors (Lipinski definition) is 1. The van der Waals surface area contributed by atoms with Gasteiger partial charge in [-0.1, -0.05) is 6.92 Å². The zero-order valence-electron chi connectivity index (χ0n) is 14.6. The molecule has 124 valence electrons. The highest BCUT2D eigenvalue weighted by Crippen LogP contribution is 2.15. The van der Waals surface area contributed by atoms with Crippen molar-refractivity contribution in [2.75, 3.05) is 33.2 Å². The molecule has 0 aromatic carbocycles. The number of carbonyl (C=O) groups is 1. The molecule has 0 saturated carbocycles. The molecular weight excluding hydrogens is 266 g/mol. The van der Waals surface area contributed by atoms with Gasteiger partial charge in [0.05, 0.1) is 0 Å². The second-order valence-corrected chi connectivity index (χ2v) is 7.10. The lowest BCUT2D eigenvalue weighted by molar-refractivity contribution is 0.0291. The largest absolute Gasteiger partial charge is 0.444 e. The first-order chi connectivity index (χ1) is 9.73. The van der Waals surface area contributed by atoms with Gasteiger partial charge in [0.25, 0.3) is 0 Å². The Morgan fingerprint density at radius 3 is 2.71 bits per heavy atom. The molecule has 21 heavy (non-hydrogen) atoms. The number of likely N-dealkylation sites (N-methyl/N-ethyl adjacent to an activating group) is 1. The molecule has 1 amide bonds. The molecule has 1 rings (SSSR count). The number of nitrogens with zero attached hydrogens (tertiary/aromatic N) is 2. The number of likely N-dealkylation sites (tertiary alicyclic amines) is 1. The Balaban J connectivity index is 2.24. The quantitative estimate of drug-likeness (QED) is 0.817. The average Bonchev–Trinajstić information content (AvgIpc) is 2.84. The van der Waals surface area contributed by atoms with Crippen LogP contribution in [0.15, 0.2) is 0 Å². The van der Waals surface area contributed by atoms with Crippen LogP contribution in [-0.2, 0) is 4.74 Å². The second kappa shape index (κ2) is 7.99. The monoisotopic (exact) mass is 299 g/mol. The third-order valence-corrected chi connectivity index (χ3v) is 4.08. The Kier molecular flexibility index (Phi) is 6.94. The molecular formula is C16H33N3O2. The SMILES string of the molecule is CCC(C)N(C)CCNC1CCN(C(=O)OC(C)(C)C)C1. The Morgan fingerprint density at radius 1 is 1.48 bits per heavy atom. The fourth-order valence-corrected chi connectivity index (χ4v) is 2.40. The van der Waals surface area contributed by atoms with Crippen molar-refractivity contribution in [3.05, 3.63) is 0 Å². The summed E-state index contributed by atoms with van der Waals surface area (Å²) in [6.45, 7) is 13.7. The van der Waals surface area contributed by atoms with Crippen LogP contribution >= 0.6 is 0 Å². The van der Waals surface area contributed by atoms with Crippen molar-refractivity contribution < 1.29 is 9.53 Å². The van der Waals surface area contributed by atoms with Gasteiger partial charge in [-0.2, -0.15) is 0 Å². The van der Waals surface area contributed by atoms with Gasteiger partial charge in [-0.15, -0.1) is 0 Å². The molecule has 5 heteroatoms. The van der Waals surface area contributed by atoms with Crippen molar-refractivity contribution in [2.24, 2.45) is 0 Å². The van der Waals surface area contributed by atoms with E-state index in [1.54, 1.807) is 4.90 Å². The maximum absolute atomic E-state index is 12.0. The Labute approximate surface area is 130 Å². The minimum Gasteiger partial charge on any atom is -0.444 e. The summed E-state index contributed by atoms with van der Waals surface area (Å²) in [6, 6.07) is 1.01. The molecule has 0 spiro atoms. The van der Waals surface area contributed by atoms with Crippen LogP contribution in [0.25, 0.3) is 0 Å². The molecule has 0 aliphatic carbocycles. The van der Waals surface area contributed by atoms with Gasteiger partial charge in [0, 0.05) is 38.3 Å². The predicted molar refractivity (Wildman–Crippen MR) is 86.6 cm³/mol. The fourth-order valence-electron chi connectivity index (χ4n) is 2.40. The Bertz CT molecular complexity index is 328. The zero-order valence-corrected chi connectivity index (χ0v) is 14.6. The summed E-state index contributed by atoms with van der Waals surface area (Å²) in [5.41, 5.74) is -0.415. The van der Waals surface area contributed by atoms with Crippen LogP contribution in [0.1, 0.15) is 47.5 Å². The van der Waals surface area contributed by atoms with E-state index < -0.39 is 5.60 Å². The molecule has 2 atom stereocenters. The number of carbonyl (C=O) groups excluding carboxylic acids is 1. The molecule has 5 nitrogen and oxygen atoms in total. The molecule has 1 heterocycles. The van der Waals surface area contributed by atoms with E-state index in [4.69, 9.17) is 4.74 Å². The lowest BCUT2D eigenvalue weighted by atomic mass is 10.2. The number of amides is 1. The van der Waals surface area contributed by atoms with E-state index in [-0.39, 0.29) is 6.09 Å². The molecule has 2 unspecified atom stereocenters. The van der Waals surface area contributed by atoms with Crippen molar-refractivity contribution in [2.45, 2.75) is 65.1 Å². The van der Waals surface area contributed by atoms with Crippen LogP contribution in [0.2, 0.25) is 0 Å². The van der Waals surface area contributed by atoms with E-state index in [9.17, 15) is 4.79 Å². The average molecular weight is 299 g/mol. The van der Waals surface area contributed by atoms with E-state index in [0.717, 1.165) is 32.6 Å². The first kappa shape index (κ1) is 18.2. The number of nitrogens with one attached hydrogen (secondary N) is 1. The van der Waals surface area contributed by atoms with Gasteiger partial charge in [0.2, 0.25) is 0 Å². The fraction of sp³-hybridized carbons (Fsp3) is 0.938.